The number of ether oxygens (including phenoxy) is 1. The number of carbonyl (C=O) groups is 3. The lowest BCUT2D eigenvalue weighted by Gasteiger charge is -2.18. The maximum absolute atomic E-state index is 11.8. The maximum Gasteiger partial charge on any atom is 0.328 e. The van der Waals surface area contributed by atoms with Crippen LogP contribution in [0, 0.1) is 0 Å². The second-order valence-corrected chi connectivity index (χ2v) is 4.48. The van der Waals surface area contributed by atoms with Crippen LogP contribution in [0.2, 0.25) is 0 Å². The smallest absolute Gasteiger partial charge is 0.328 e. The summed E-state index contributed by atoms with van der Waals surface area (Å²) in [4.78, 5) is 34.0. The van der Waals surface area contributed by atoms with Gasteiger partial charge in [0, 0.05) is 6.42 Å². The van der Waals surface area contributed by atoms with Crippen molar-refractivity contribution in [1.29, 1.82) is 0 Å². The molecule has 0 unspecified atom stereocenters. The summed E-state index contributed by atoms with van der Waals surface area (Å²) < 4.78 is 4.64. The number of nitrogens with one attached hydrogen (secondary N) is 1. The molecule has 8 heteroatoms. The number of benzene rings is 1. The van der Waals surface area contributed by atoms with Gasteiger partial charge in [-0.25, -0.2) is 4.79 Å². The Kier molecular flexibility index (Phi) is 8.42. The molecule has 0 fully saturated rings. The Morgan fingerprint density at radius 2 is 1.86 bits per heavy atom. The Hall–Kier alpha value is -2.45. The topological polar surface area (TPSA) is 150 Å². The van der Waals surface area contributed by atoms with E-state index in [1.54, 1.807) is 12.1 Å². The predicted octanol–water partition coefficient (Wildman–Crippen LogP) is -1.14. The van der Waals surface area contributed by atoms with Crippen LogP contribution in [-0.4, -0.2) is 47.6 Å². The Bertz CT molecular complexity index is 505. The van der Waals surface area contributed by atoms with Crippen molar-refractivity contribution in [1.82, 2.24) is 5.32 Å². The molecule has 122 valence electrons. The number of carboxylic acid groups (broad SMARTS) is 1. The van der Waals surface area contributed by atoms with Gasteiger partial charge in [0.15, 0.2) is 0 Å². The molecule has 0 saturated carbocycles. The van der Waals surface area contributed by atoms with Gasteiger partial charge in [0.25, 0.3) is 0 Å². The summed E-state index contributed by atoms with van der Waals surface area (Å²) in [5.41, 5.74) is 6.29. The summed E-state index contributed by atoms with van der Waals surface area (Å²) in [6.07, 6.45) is -0.274. The van der Waals surface area contributed by atoms with E-state index in [0.717, 1.165) is 5.56 Å². The standard InChI is InChI=1S/C14H18N2O5.H2O/c1-21-14(20)11(7-9-5-3-2-4-6-9)16-13(19)10(15)8-12(17)18;/h2-6,10-11H,7-8,15H2,1H3,(H,16,19)(H,17,18);1H2/t10-,11-;/m0./s1. The van der Waals surface area contributed by atoms with Crippen LogP contribution in [0.15, 0.2) is 30.3 Å². The van der Waals surface area contributed by atoms with E-state index in [4.69, 9.17) is 10.8 Å². The summed E-state index contributed by atoms with van der Waals surface area (Å²) >= 11 is 0. The average Bonchev–Trinajstić information content (AvgIpc) is 2.46. The Balaban J connectivity index is 0.00000441. The fourth-order valence-corrected chi connectivity index (χ4v) is 1.74. The van der Waals surface area contributed by atoms with E-state index in [1.165, 1.54) is 7.11 Å². The predicted molar refractivity (Wildman–Crippen MR) is 77.9 cm³/mol. The fourth-order valence-electron chi connectivity index (χ4n) is 1.74. The molecule has 8 nitrogen and oxygen atoms in total. The number of aliphatic carboxylic acids is 1. The summed E-state index contributed by atoms with van der Waals surface area (Å²) in [6.45, 7) is 0. The molecule has 22 heavy (non-hydrogen) atoms. The molecule has 0 heterocycles. The van der Waals surface area contributed by atoms with Crippen LogP contribution in [0.1, 0.15) is 12.0 Å². The van der Waals surface area contributed by atoms with Crippen molar-refractivity contribution in [2.24, 2.45) is 5.73 Å². The van der Waals surface area contributed by atoms with Crippen molar-refractivity contribution in [3.8, 4) is 0 Å². The lowest BCUT2D eigenvalue weighted by Crippen LogP contribution is -2.50. The van der Waals surface area contributed by atoms with Gasteiger partial charge in [0.05, 0.1) is 19.6 Å². The van der Waals surface area contributed by atoms with Crippen LogP contribution < -0.4 is 11.1 Å². The van der Waals surface area contributed by atoms with Gasteiger partial charge in [-0.2, -0.15) is 0 Å². The number of hydrogen-bond acceptors (Lipinski definition) is 5. The molecule has 1 amide bonds. The highest BCUT2D eigenvalue weighted by molar-refractivity contribution is 5.89. The van der Waals surface area contributed by atoms with Gasteiger partial charge >= 0.3 is 11.9 Å². The number of amides is 1. The van der Waals surface area contributed by atoms with Gasteiger partial charge in [0.2, 0.25) is 5.91 Å². The third kappa shape index (κ3) is 6.33. The lowest BCUT2D eigenvalue weighted by atomic mass is 10.1. The molecule has 6 N–H and O–H groups in total. The molecular weight excluding hydrogens is 292 g/mol. The van der Waals surface area contributed by atoms with Gasteiger partial charge in [-0.3, -0.25) is 9.59 Å². The van der Waals surface area contributed by atoms with Gasteiger partial charge < -0.3 is 26.4 Å². The Morgan fingerprint density at radius 3 is 2.36 bits per heavy atom. The SMILES string of the molecule is COC(=O)[C@H](Cc1ccccc1)NC(=O)[C@@H](N)CC(=O)O.O. The quantitative estimate of drug-likeness (QED) is 0.542. The minimum absolute atomic E-state index is 0. The van der Waals surface area contributed by atoms with E-state index < -0.39 is 36.4 Å². The molecule has 0 aliphatic rings. The molecule has 1 aromatic rings. The molecule has 0 aliphatic heterocycles. The van der Waals surface area contributed by atoms with Crippen molar-refractivity contribution in [2.45, 2.75) is 24.9 Å². The Labute approximate surface area is 127 Å². The second-order valence-electron chi connectivity index (χ2n) is 4.48. The largest absolute Gasteiger partial charge is 0.481 e. The van der Waals surface area contributed by atoms with Crippen LogP contribution in [0.4, 0.5) is 0 Å². The zero-order valence-corrected chi connectivity index (χ0v) is 12.1. The minimum atomic E-state index is -1.22. The van der Waals surface area contributed by atoms with Crippen LogP contribution in [0.3, 0.4) is 0 Å². The zero-order chi connectivity index (χ0) is 15.8. The van der Waals surface area contributed by atoms with Gasteiger partial charge in [-0.15, -0.1) is 0 Å². The number of methoxy groups -OCH3 is 1. The third-order valence-electron chi connectivity index (χ3n) is 2.82. The highest BCUT2D eigenvalue weighted by Gasteiger charge is 2.25. The van der Waals surface area contributed by atoms with Crippen molar-refractivity contribution in [3.05, 3.63) is 35.9 Å². The maximum atomic E-state index is 11.8. The number of carbonyl (C=O) groups excluding carboxylic acids is 2. The molecule has 0 aromatic heterocycles. The first-order chi connectivity index (χ1) is 9.93. The normalized spacial score (nSPS) is 12.5. The molecule has 0 aliphatic carbocycles. The van der Waals surface area contributed by atoms with E-state index in [0.29, 0.717) is 0 Å². The molecule has 0 radical (unpaired) electrons. The van der Waals surface area contributed by atoms with Crippen LogP contribution in [0.25, 0.3) is 0 Å². The van der Waals surface area contributed by atoms with E-state index in [1.807, 2.05) is 18.2 Å². The minimum Gasteiger partial charge on any atom is -0.481 e. The molecule has 1 rings (SSSR count). The summed E-state index contributed by atoms with van der Waals surface area (Å²) in [7, 11) is 1.21. The van der Waals surface area contributed by atoms with Crippen LogP contribution >= 0.6 is 0 Å². The molecule has 0 bridgehead atoms. The summed E-state index contributed by atoms with van der Waals surface area (Å²) in [6, 6.07) is 6.93. The molecule has 1 aromatic carbocycles. The fraction of sp³-hybridized carbons (Fsp3) is 0.357. The van der Waals surface area contributed by atoms with Gasteiger partial charge in [-0.05, 0) is 5.56 Å². The van der Waals surface area contributed by atoms with E-state index in [2.05, 4.69) is 10.1 Å². The highest BCUT2D eigenvalue weighted by atomic mass is 16.5. The van der Waals surface area contributed by atoms with E-state index in [9.17, 15) is 14.4 Å². The van der Waals surface area contributed by atoms with Crippen LogP contribution in [-0.2, 0) is 25.5 Å². The molecule has 0 spiro atoms. The van der Waals surface area contributed by atoms with Gasteiger partial charge in [0.1, 0.15) is 6.04 Å². The first kappa shape index (κ1) is 19.6. The molecule has 0 saturated heterocycles. The van der Waals surface area contributed by atoms with Crippen molar-refractivity contribution >= 4 is 17.8 Å². The lowest BCUT2D eigenvalue weighted by molar-refractivity contribution is -0.145. The Morgan fingerprint density at radius 1 is 1.27 bits per heavy atom. The first-order valence-corrected chi connectivity index (χ1v) is 6.33. The van der Waals surface area contributed by atoms with E-state index in [-0.39, 0.29) is 11.9 Å². The summed E-state index contributed by atoms with van der Waals surface area (Å²) in [5.74, 6) is -2.51. The number of nitrogens with two attached hydrogens (primary N) is 1. The van der Waals surface area contributed by atoms with Crippen molar-refractivity contribution in [2.75, 3.05) is 7.11 Å². The molecular formula is C14H20N2O6. The number of esters is 1. The second kappa shape index (κ2) is 9.48. The molecule has 2 atom stereocenters. The van der Waals surface area contributed by atoms with Crippen molar-refractivity contribution < 1.29 is 29.7 Å². The third-order valence-corrected chi connectivity index (χ3v) is 2.82. The highest BCUT2D eigenvalue weighted by Crippen LogP contribution is 2.05. The van der Waals surface area contributed by atoms with E-state index >= 15 is 0 Å². The number of hydrogen-bond donors (Lipinski definition) is 3. The summed E-state index contributed by atoms with van der Waals surface area (Å²) in [5, 5.41) is 11.0. The van der Waals surface area contributed by atoms with Gasteiger partial charge in [-0.1, -0.05) is 30.3 Å². The average molecular weight is 312 g/mol. The van der Waals surface area contributed by atoms with Crippen LogP contribution in [0.5, 0.6) is 0 Å². The number of rotatable bonds is 7. The van der Waals surface area contributed by atoms with Crippen molar-refractivity contribution in [3.63, 3.8) is 0 Å². The first-order valence-electron chi connectivity index (χ1n) is 6.33. The monoisotopic (exact) mass is 312 g/mol. The number of carboxylic acids is 1. The zero-order valence-electron chi connectivity index (χ0n) is 12.1.